The first-order valence-electron chi connectivity index (χ1n) is 8.20. The highest BCUT2D eigenvalue weighted by Crippen LogP contribution is 2.13. The summed E-state index contributed by atoms with van der Waals surface area (Å²) in [5.74, 6) is 0.000660. The Kier molecular flexibility index (Phi) is 4.78. The van der Waals surface area contributed by atoms with E-state index in [4.69, 9.17) is 0 Å². The fourth-order valence-corrected chi connectivity index (χ4v) is 2.90. The van der Waals surface area contributed by atoms with Crippen LogP contribution in [0.5, 0.6) is 0 Å². The number of likely N-dealkylation sites (tertiary alicyclic amines) is 1. The monoisotopic (exact) mass is 345 g/mol. The van der Waals surface area contributed by atoms with E-state index in [1.807, 2.05) is 0 Å². The largest absolute Gasteiger partial charge is 0.346 e. The molecule has 0 spiro atoms. The molecule has 1 aromatic heterocycles. The normalized spacial score (nSPS) is 15.2. The number of aryl methyl sites for hydroxylation is 1. The first-order valence-corrected chi connectivity index (χ1v) is 8.20. The number of carbonyl (C=O) groups is 2. The van der Waals surface area contributed by atoms with Crippen molar-refractivity contribution in [2.45, 2.75) is 32.7 Å². The molecule has 2 aromatic rings. The van der Waals surface area contributed by atoms with Gasteiger partial charge in [-0.15, -0.1) is 5.10 Å². The average Bonchev–Trinajstić information content (AvgIpc) is 2.98. The van der Waals surface area contributed by atoms with Crippen molar-refractivity contribution in [3.63, 3.8) is 0 Å². The number of nitrogens with one attached hydrogen (secondary N) is 1. The Bertz CT molecular complexity index is 779. The van der Waals surface area contributed by atoms with Crippen LogP contribution in [0.25, 0.3) is 5.69 Å². The average molecular weight is 345 g/mol. The zero-order valence-corrected chi connectivity index (χ0v) is 14.2. The number of hydrogen-bond donors (Lipinski definition) is 1. The molecule has 0 radical (unpaired) electrons. The molecule has 1 saturated heterocycles. The molecule has 0 atom stereocenters. The standard InChI is InChI=1S/C17H20FN5O2/c1-11-19-16(21-23(11)15-5-3-13(18)4-6-15)17(25)20-14-7-9-22(10-8-14)12(2)24/h3-6,14H,7-10H2,1-2H3,(H,20,25). The van der Waals surface area contributed by atoms with Gasteiger partial charge in [0.25, 0.3) is 5.91 Å². The number of aromatic nitrogens is 3. The van der Waals surface area contributed by atoms with Gasteiger partial charge in [-0.25, -0.2) is 14.1 Å². The predicted octanol–water partition coefficient (Wildman–Crippen LogP) is 1.46. The van der Waals surface area contributed by atoms with Crippen LogP contribution in [0.4, 0.5) is 4.39 Å². The van der Waals surface area contributed by atoms with E-state index in [1.54, 1.807) is 30.9 Å². The summed E-state index contributed by atoms with van der Waals surface area (Å²) in [5.41, 5.74) is 0.639. The molecule has 8 heteroatoms. The number of nitrogens with zero attached hydrogens (tertiary/aromatic N) is 4. The van der Waals surface area contributed by atoms with Gasteiger partial charge in [-0.05, 0) is 44.0 Å². The number of piperidine rings is 1. The Balaban J connectivity index is 1.66. The quantitative estimate of drug-likeness (QED) is 0.913. The Morgan fingerprint density at radius 3 is 2.44 bits per heavy atom. The molecule has 0 unspecified atom stereocenters. The number of benzene rings is 1. The first kappa shape index (κ1) is 17.1. The number of hydrogen-bond acceptors (Lipinski definition) is 4. The molecule has 1 fully saturated rings. The van der Waals surface area contributed by atoms with Gasteiger partial charge in [-0.2, -0.15) is 0 Å². The molecule has 132 valence electrons. The fraction of sp³-hybridized carbons (Fsp3) is 0.412. The van der Waals surface area contributed by atoms with Crippen LogP contribution >= 0.6 is 0 Å². The minimum Gasteiger partial charge on any atom is -0.346 e. The van der Waals surface area contributed by atoms with E-state index in [0.29, 0.717) is 37.4 Å². The highest BCUT2D eigenvalue weighted by Gasteiger charge is 2.24. The summed E-state index contributed by atoms with van der Waals surface area (Å²) in [7, 11) is 0. The maximum absolute atomic E-state index is 13.0. The van der Waals surface area contributed by atoms with Gasteiger partial charge < -0.3 is 10.2 Å². The van der Waals surface area contributed by atoms with E-state index in [2.05, 4.69) is 15.4 Å². The molecule has 2 heterocycles. The lowest BCUT2D eigenvalue weighted by Gasteiger charge is -2.31. The Hall–Kier alpha value is -2.77. The lowest BCUT2D eigenvalue weighted by atomic mass is 10.1. The summed E-state index contributed by atoms with van der Waals surface area (Å²) in [5, 5.41) is 7.15. The van der Waals surface area contributed by atoms with Crippen molar-refractivity contribution in [1.82, 2.24) is 25.0 Å². The molecule has 0 bridgehead atoms. The molecule has 1 aliphatic heterocycles. The van der Waals surface area contributed by atoms with Crippen molar-refractivity contribution in [3.05, 3.63) is 41.7 Å². The summed E-state index contributed by atoms with van der Waals surface area (Å²) in [4.78, 5) is 29.7. The number of rotatable bonds is 3. The molecule has 0 saturated carbocycles. The van der Waals surface area contributed by atoms with Crippen LogP contribution in [0, 0.1) is 12.7 Å². The van der Waals surface area contributed by atoms with Gasteiger partial charge in [0, 0.05) is 26.1 Å². The topological polar surface area (TPSA) is 80.1 Å². The lowest BCUT2D eigenvalue weighted by Crippen LogP contribution is -2.46. The zero-order chi connectivity index (χ0) is 18.0. The third kappa shape index (κ3) is 3.84. The van der Waals surface area contributed by atoms with Crippen LogP contribution in [0.1, 0.15) is 36.2 Å². The second kappa shape index (κ2) is 7.00. The van der Waals surface area contributed by atoms with Crippen molar-refractivity contribution in [2.24, 2.45) is 0 Å². The van der Waals surface area contributed by atoms with Crippen molar-refractivity contribution in [1.29, 1.82) is 0 Å². The SMILES string of the molecule is CC(=O)N1CCC(NC(=O)c2nc(C)n(-c3ccc(F)cc3)n2)CC1. The Morgan fingerprint density at radius 2 is 1.84 bits per heavy atom. The second-order valence-corrected chi connectivity index (χ2v) is 6.12. The number of carbonyl (C=O) groups excluding carboxylic acids is 2. The summed E-state index contributed by atoms with van der Waals surface area (Å²) in [6.07, 6.45) is 1.42. The van der Waals surface area contributed by atoms with Gasteiger partial charge in [-0.1, -0.05) is 0 Å². The molecule has 0 aliphatic carbocycles. The van der Waals surface area contributed by atoms with E-state index < -0.39 is 0 Å². The van der Waals surface area contributed by atoms with Crippen LogP contribution in [0.3, 0.4) is 0 Å². The minimum atomic E-state index is -0.342. The van der Waals surface area contributed by atoms with E-state index in [9.17, 15) is 14.0 Å². The summed E-state index contributed by atoms with van der Waals surface area (Å²) >= 11 is 0. The van der Waals surface area contributed by atoms with E-state index in [-0.39, 0.29) is 29.5 Å². The maximum Gasteiger partial charge on any atom is 0.291 e. The van der Waals surface area contributed by atoms with Gasteiger partial charge >= 0.3 is 0 Å². The van der Waals surface area contributed by atoms with Gasteiger partial charge in [0.1, 0.15) is 11.6 Å². The molecule has 2 amide bonds. The molecular weight excluding hydrogens is 325 g/mol. The fourth-order valence-electron chi connectivity index (χ4n) is 2.90. The molecular formula is C17H20FN5O2. The van der Waals surface area contributed by atoms with Crippen molar-refractivity contribution in [2.75, 3.05) is 13.1 Å². The van der Waals surface area contributed by atoms with Crippen LogP contribution in [0.15, 0.2) is 24.3 Å². The highest BCUT2D eigenvalue weighted by atomic mass is 19.1. The maximum atomic E-state index is 13.0. The number of halogens is 1. The smallest absolute Gasteiger partial charge is 0.291 e. The molecule has 3 rings (SSSR count). The van der Waals surface area contributed by atoms with E-state index in [1.165, 1.54) is 16.8 Å². The third-order valence-corrected chi connectivity index (χ3v) is 4.32. The van der Waals surface area contributed by atoms with E-state index >= 15 is 0 Å². The Labute approximate surface area is 144 Å². The van der Waals surface area contributed by atoms with Gasteiger partial charge in [0.05, 0.1) is 5.69 Å². The highest BCUT2D eigenvalue weighted by molar-refractivity contribution is 5.90. The van der Waals surface area contributed by atoms with E-state index in [0.717, 1.165) is 0 Å². The van der Waals surface area contributed by atoms with Crippen LogP contribution in [-0.2, 0) is 4.79 Å². The van der Waals surface area contributed by atoms with Gasteiger partial charge in [-0.3, -0.25) is 9.59 Å². The van der Waals surface area contributed by atoms with Crippen LogP contribution in [0.2, 0.25) is 0 Å². The predicted molar refractivity (Wildman–Crippen MR) is 88.8 cm³/mol. The second-order valence-electron chi connectivity index (χ2n) is 6.12. The van der Waals surface area contributed by atoms with Crippen LogP contribution < -0.4 is 5.32 Å². The van der Waals surface area contributed by atoms with Crippen LogP contribution in [-0.4, -0.2) is 50.6 Å². The zero-order valence-electron chi connectivity index (χ0n) is 14.2. The first-order chi connectivity index (χ1) is 11.9. The summed E-state index contributed by atoms with van der Waals surface area (Å²) < 4.78 is 14.5. The molecule has 1 aliphatic rings. The molecule has 1 aromatic carbocycles. The summed E-state index contributed by atoms with van der Waals surface area (Å²) in [6.45, 7) is 4.56. The van der Waals surface area contributed by atoms with Gasteiger partial charge in [0.15, 0.2) is 0 Å². The molecule has 25 heavy (non-hydrogen) atoms. The lowest BCUT2D eigenvalue weighted by molar-refractivity contribution is -0.129. The minimum absolute atomic E-state index is 0.00109. The van der Waals surface area contributed by atoms with Crippen molar-refractivity contribution in [3.8, 4) is 5.69 Å². The summed E-state index contributed by atoms with van der Waals surface area (Å²) in [6, 6.07) is 5.82. The van der Waals surface area contributed by atoms with Crippen molar-refractivity contribution >= 4 is 11.8 Å². The van der Waals surface area contributed by atoms with Gasteiger partial charge in [0.2, 0.25) is 11.7 Å². The number of amides is 2. The molecule has 7 nitrogen and oxygen atoms in total. The molecule has 1 N–H and O–H groups in total. The third-order valence-electron chi connectivity index (χ3n) is 4.32. The van der Waals surface area contributed by atoms with Crippen molar-refractivity contribution < 1.29 is 14.0 Å². The Morgan fingerprint density at radius 1 is 1.20 bits per heavy atom.